The Hall–Kier alpha value is -0.570. The first-order valence-electron chi connectivity index (χ1n) is 7.85. The van der Waals surface area contributed by atoms with E-state index in [1.165, 1.54) is 31.5 Å². The van der Waals surface area contributed by atoms with Gasteiger partial charge in [0.25, 0.3) is 0 Å². The van der Waals surface area contributed by atoms with Crippen LogP contribution in [-0.4, -0.2) is 30.6 Å². The molecule has 1 unspecified atom stereocenters. The van der Waals surface area contributed by atoms with Gasteiger partial charge in [-0.3, -0.25) is 4.90 Å². The quantitative estimate of drug-likeness (QED) is 0.843. The molecule has 1 aliphatic heterocycles. The Morgan fingerprint density at radius 3 is 2.40 bits per heavy atom. The van der Waals surface area contributed by atoms with Crippen molar-refractivity contribution in [2.75, 3.05) is 20.1 Å². The molecular formula is C17H27ClN2. The molecule has 1 heterocycles. The monoisotopic (exact) mass is 294 g/mol. The largest absolute Gasteiger partial charge is 0.311 e. The average Bonchev–Trinajstić information content (AvgIpc) is 2.99. The summed E-state index contributed by atoms with van der Waals surface area (Å²) in [5.74, 6) is 0. The fourth-order valence-corrected chi connectivity index (χ4v) is 4.08. The molecule has 1 aromatic carbocycles. The van der Waals surface area contributed by atoms with Crippen molar-refractivity contribution in [1.82, 2.24) is 10.2 Å². The number of benzene rings is 1. The molecule has 1 N–H and O–H groups in total. The molecule has 0 saturated carbocycles. The second-order valence-electron chi connectivity index (χ2n) is 5.78. The van der Waals surface area contributed by atoms with Crippen LogP contribution in [-0.2, 0) is 0 Å². The Morgan fingerprint density at radius 2 is 1.90 bits per heavy atom. The number of rotatable bonds is 6. The molecule has 1 aliphatic rings. The normalized spacial score (nSPS) is 18.4. The SMILES string of the molecule is CCC(CC)(C(NC)c1cccc(Cl)c1)N1CCCC1. The van der Waals surface area contributed by atoms with Crippen molar-refractivity contribution in [2.45, 2.75) is 51.1 Å². The lowest BCUT2D eigenvalue weighted by atomic mass is 9.79. The Bertz CT molecular complexity index is 423. The third kappa shape index (κ3) is 2.88. The van der Waals surface area contributed by atoms with Gasteiger partial charge in [0, 0.05) is 10.6 Å². The number of nitrogens with one attached hydrogen (secondary N) is 1. The highest BCUT2D eigenvalue weighted by Crippen LogP contribution is 2.39. The number of hydrogen-bond acceptors (Lipinski definition) is 2. The molecule has 0 amide bonds. The van der Waals surface area contributed by atoms with Crippen LogP contribution < -0.4 is 5.32 Å². The second kappa shape index (κ2) is 6.93. The van der Waals surface area contributed by atoms with E-state index in [9.17, 15) is 0 Å². The molecule has 3 heteroatoms. The first kappa shape index (κ1) is 15.8. The van der Waals surface area contributed by atoms with E-state index >= 15 is 0 Å². The summed E-state index contributed by atoms with van der Waals surface area (Å²) in [5, 5.41) is 4.39. The van der Waals surface area contributed by atoms with Crippen molar-refractivity contribution in [3.05, 3.63) is 34.9 Å². The van der Waals surface area contributed by atoms with Crippen molar-refractivity contribution in [1.29, 1.82) is 0 Å². The molecule has 112 valence electrons. The van der Waals surface area contributed by atoms with Crippen LogP contribution in [0.3, 0.4) is 0 Å². The van der Waals surface area contributed by atoms with Gasteiger partial charge in [-0.15, -0.1) is 0 Å². The maximum atomic E-state index is 6.20. The zero-order valence-corrected chi connectivity index (χ0v) is 13.7. The molecule has 0 bridgehead atoms. The van der Waals surface area contributed by atoms with Gasteiger partial charge in [0.05, 0.1) is 6.04 Å². The highest BCUT2D eigenvalue weighted by Gasteiger charge is 2.42. The standard InChI is InChI=1S/C17H27ClN2/c1-4-17(5-2,20-11-6-7-12-20)16(19-3)14-9-8-10-15(18)13-14/h8-10,13,16,19H,4-7,11-12H2,1-3H3. The third-order valence-corrected chi connectivity index (χ3v) is 5.20. The molecule has 1 fully saturated rings. The molecular weight excluding hydrogens is 268 g/mol. The summed E-state index contributed by atoms with van der Waals surface area (Å²) < 4.78 is 0. The van der Waals surface area contributed by atoms with Crippen LogP contribution in [0.4, 0.5) is 0 Å². The average molecular weight is 295 g/mol. The Balaban J connectivity index is 2.38. The summed E-state index contributed by atoms with van der Waals surface area (Å²) in [4.78, 5) is 2.69. The van der Waals surface area contributed by atoms with Gasteiger partial charge in [0.15, 0.2) is 0 Å². The van der Waals surface area contributed by atoms with Gasteiger partial charge in [0.1, 0.15) is 0 Å². The number of likely N-dealkylation sites (tertiary alicyclic amines) is 1. The van der Waals surface area contributed by atoms with Gasteiger partial charge in [-0.05, 0) is 63.5 Å². The molecule has 0 radical (unpaired) electrons. The summed E-state index contributed by atoms with van der Waals surface area (Å²) in [7, 11) is 2.07. The van der Waals surface area contributed by atoms with Gasteiger partial charge in [0.2, 0.25) is 0 Å². The van der Waals surface area contributed by atoms with Crippen molar-refractivity contribution in [3.8, 4) is 0 Å². The Kier molecular flexibility index (Phi) is 5.48. The summed E-state index contributed by atoms with van der Waals surface area (Å²) in [6, 6.07) is 8.64. The minimum Gasteiger partial charge on any atom is -0.311 e. The molecule has 0 aliphatic carbocycles. The third-order valence-electron chi connectivity index (χ3n) is 4.97. The first-order chi connectivity index (χ1) is 9.67. The molecule has 20 heavy (non-hydrogen) atoms. The molecule has 0 spiro atoms. The van der Waals surface area contributed by atoms with Gasteiger partial charge >= 0.3 is 0 Å². The maximum Gasteiger partial charge on any atom is 0.0505 e. The van der Waals surface area contributed by atoms with E-state index in [0.29, 0.717) is 6.04 Å². The zero-order valence-electron chi connectivity index (χ0n) is 13.0. The van der Waals surface area contributed by atoms with Crippen LogP contribution in [0.15, 0.2) is 24.3 Å². The second-order valence-corrected chi connectivity index (χ2v) is 6.22. The highest BCUT2D eigenvalue weighted by atomic mass is 35.5. The molecule has 1 aromatic rings. The number of hydrogen-bond donors (Lipinski definition) is 1. The summed E-state index contributed by atoms with van der Waals surface area (Å²) in [6.07, 6.45) is 4.96. The van der Waals surface area contributed by atoms with E-state index in [1.807, 2.05) is 6.07 Å². The highest BCUT2D eigenvalue weighted by molar-refractivity contribution is 6.30. The van der Waals surface area contributed by atoms with E-state index in [-0.39, 0.29) is 5.54 Å². The summed E-state index contributed by atoms with van der Waals surface area (Å²) >= 11 is 6.20. The fraction of sp³-hybridized carbons (Fsp3) is 0.647. The van der Waals surface area contributed by atoms with E-state index in [0.717, 1.165) is 17.9 Å². The van der Waals surface area contributed by atoms with E-state index in [2.05, 4.69) is 49.3 Å². The summed E-state index contributed by atoms with van der Waals surface area (Å²) in [6.45, 7) is 7.08. The van der Waals surface area contributed by atoms with E-state index in [4.69, 9.17) is 11.6 Å². The van der Waals surface area contributed by atoms with Gasteiger partial charge in [-0.25, -0.2) is 0 Å². The van der Waals surface area contributed by atoms with Crippen LogP contribution in [0.25, 0.3) is 0 Å². The lowest BCUT2D eigenvalue weighted by Gasteiger charge is -2.47. The lowest BCUT2D eigenvalue weighted by molar-refractivity contribution is 0.0647. The number of halogens is 1. The van der Waals surface area contributed by atoms with Gasteiger partial charge in [-0.2, -0.15) is 0 Å². The molecule has 2 nitrogen and oxygen atoms in total. The van der Waals surface area contributed by atoms with Crippen molar-refractivity contribution >= 4 is 11.6 Å². The minimum atomic E-state index is 0.190. The number of likely N-dealkylation sites (N-methyl/N-ethyl adjacent to an activating group) is 1. The molecule has 0 aromatic heterocycles. The maximum absolute atomic E-state index is 6.20. The first-order valence-corrected chi connectivity index (χ1v) is 8.23. The van der Waals surface area contributed by atoms with E-state index < -0.39 is 0 Å². The molecule has 1 atom stereocenters. The topological polar surface area (TPSA) is 15.3 Å². The van der Waals surface area contributed by atoms with Crippen LogP contribution in [0.1, 0.15) is 51.1 Å². The predicted octanol–water partition coefficient (Wildman–Crippen LogP) is 4.26. The van der Waals surface area contributed by atoms with Crippen molar-refractivity contribution < 1.29 is 0 Å². The van der Waals surface area contributed by atoms with Crippen LogP contribution in [0.2, 0.25) is 5.02 Å². The van der Waals surface area contributed by atoms with Crippen molar-refractivity contribution in [3.63, 3.8) is 0 Å². The smallest absolute Gasteiger partial charge is 0.0505 e. The van der Waals surface area contributed by atoms with Crippen LogP contribution in [0.5, 0.6) is 0 Å². The molecule has 1 saturated heterocycles. The fourth-order valence-electron chi connectivity index (χ4n) is 3.88. The van der Waals surface area contributed by atoms with Crippen LogP contribution in [0, 0.1) is 0 Å². The van der Waals surface area contributed by atoms with Crippen LogP contribution >= 0.6 is 11.6 Å². The lowest BCUT2D eigenvalue weighted by Crippen LogP contribution is -2.54. The number of nitrogens with zero attached hydrogens (tertiary/aromatic N) is 1. The summed E-state index contributed by atoms with van der Waals surface area (Å²) in [5.41, 5.74) is 1.49. The zero-order chi connectivity index (χ0) is 14.6. The Labute approximate surface area is 128 Å². The van der Waals surface area contributed by atoms with Gasteiger partial charge in [-0.1, -0.05) is 37.6 Å². The predicted molar refractivity (Wildman–Crippen MR) is 87.4 cm³/mol. The van der Waals surface area contributed by atoms with Gasteiger partial charge < -0.3 is 5.32 Å². The minimum absolute atomic E-state index is 0.190. The molecule has 2 rings (SSSR count). The van der Waals surface area contributed by atoms with Crippen molar-refractivity contribution in [2.24, 2.45) is 0 Å². The van der Waals surface area contributed by atoms with E-state index in [1.54, 1.807) is 0 Å². The Morgan fingerprint density at radius 1 is 1.25 bits per heavy atom.